The number of ether oxygens (including phenoxy) is 1. The monoisotopic (exact) mass is 436 g/mol. The molecule has 11 heteroatoms. The smallest absolute Gasteiger partial charge is 0.326 e. The average molecular weight is 436 g/mol. The summed E-state index contributed by atoms with van der Waals surface area (Å²) in [6.07, 6.45) is 1.60. The van der Waals surface area contributed by atoms with Gasteiger partial charge in [0.05, 0.1) is 29.9 Å². The van der Waals surface area contributed by atoms with Gasteiger partial charge in [-0.3, -0.25) is 10.1 Å². The Morgan fingerprint density at radius 2 is 1.87 bits per heavy atom. The topological polar surface area (TPSA) is 126 Å². The number of para-hydroxylation sites is 1. The number of benzene rings is 2. The molecule has 3 rings (SSSR count). The molecule has 9 nitrogen and oxygen atoms in total. The van der Waals surface area contributed by atoms with Crippen molar-refractivity contribution in [2.24, 2.45) is 0 Å². The molecule has 1 aliphatic carbocycles. The number of urea groups is 1. The van der Waals surface area contributed by atoms with E-state index in [-0.39, 0.29) is 28.9 Å². The molecule has 0 atom stereocenters. The summed E-state index contributed by atoms with van der Waals surface area (Å²) in [4.78, 5) is 23.9. The third-order valence-electron chi connectivity index (χ3n) is 4.19. The van der Waals surface area contributed by atoms with E-state index in [1.807, 2.05) is 0 Å². The van der Waals surface area contributed by atoms with Gasteiger partial charge >= 0.3 is 6.03 Å². The first-order valence-electron chi connectivity index (χ1n) is 9.08. The van der Waals surface area contributed by atoms with Crippen molar-refractivity contribution >= 4 is 33.3 Å². The second-order valence-electron chi connectivity index (χ2n) is 6.59. The number of carbonyl (C=O) groups is 2. The molecular weight excluding hydrogens is 415 g/mol. The number of hydrogen-bond acceptors (Lipinski definition) is 6. The van der Waals surface area contributed by atoms with Gasteiger partial charge in [-0.2, -0.15) is 0 Å². The lowest BCUT2D eigenvalue weighted by molar-refractivity contribution is -0.118. The lowest BCUT2D eigenvalue weighted by Crippen LogP contribution is -2.38. The van der Waals surface area contributed by atoms with Crippen LogP contribution in [0.5, 0.6) is 5.75 Å². The van der Waals surface area contributed by atoms with Gasteiger partial charge in [0, 0.05) is 6.04 Å². The minimum atomic E-state index is -3.69. The zero-order valence-electron chi connectivity index (χ0n) is 16.1. The van der Waals surface area contributed by atoms with E-state index >= 15 is 0 Å². The number of nitrogens with one attached hydrogen (secondary N) is 4. The fourth-order valence-corrected chi connectivity index (χ4v) is 3.87. The lowest BCUT2D eigenvalue weighted by Gasteiger charge is -2.13. The van der Waals surface area contributed by atoms with Crippen molar-refractivity contribution in [1.82, 2.24) is 10.0 Å². The maximum atomic E-state index is 13.5. The number of hydrogen-bond donors (Lipinski definition) is 4. The highest BCUT2D eigenvalue weighted by Crippen LogP contribution is 2.29. The second-order valence-corrected chi connectivity index (χ2v) is 8.31. The van der Waals surface area contributed by atoms with Crippen molar-refractivity contribution in [3.63, 3.8) is 0 Å². The standard InChI is InChI=1S/C19H21FN4O5S/c1-29-17-9-8-13(30(27,28)24-12-6-7-12)10-16(17)21-11-18(25)23-19(26)22-15-5-3-2-4-14(15)20/h2-5,8-10,12,21,24H,6-7,11H2,1H3,(H2,22,23,25,26). The van der Waals surface area contributed by atoms with Crippen LogP contribution < -0.4 is 25.4 Å². The molecule has 0 radical (unpaired) electrons. The Hall–Kier alpha value is -3.18. The maximum absolute atomic E-state index is 13.5. The van der Waals surface area contributed by atoms with Gasteiger partial charge in [-0.1, -0.05) is 12.1 Å². The molecule has 2 aromatic rings. The van der Waals surface area contributed by atoms with Crippen molar-refractivity contribution in [3.8, 4) is 5.75 Å². The van der Waals surface area contributed by atoms with Crippen molar-refractivity contribution in [3.05, 3.63) is 48.3 Å². The predicted molar refractivity (Wildman–Crippen MR) is 108 cm³/mol. The number of methoxy groups -OCH3 is 1. The second kappa shape index (κ2) is 9.09. The SMILES string of the molecule is COc1ccc(S(=O)(=O)NC2CC2)cc1NCC(=O)NC(=O)Nc1ccccc1F. The Morgan fingerprint density at radius 3 is 2.53 bits per heavy atom. The lowest BCUT2D eigenvalue weighted by atomic mass is 10.3. The molecule has 0 bridgehead atoms. The first kappa shape index (κ1) is 21.5. The van der Waals surface area contributed by atoms with Crippen LogP contribution >= 0.6 is 0 Å². The maximum Gasteiger partial charge on any atom is 0.326 e. The molecule has 0 aliphatic heterocycles. The van der Waals surface area contributed by atoms with E-state index in [2.05, 4.69) is 20.7 Å². The number of carbonyl (C=O) groups excluding carboxylic acids is 2. The van der Waals surface area contributed by atoms with Crippen LogP contribution in [0.2, 0.25) is 0 Å². The molecule has 0 saturated heterocycles. The van der Waals surface area contributed by atoms with Gasteiger partial charge in [-0.25, -0.2) is 22.3 Å². The van der Waals surface area contributed by atoms with Crippen molar-refractivity contribution in [2.75, 3.05) is 24.3 Å². The van der Waals surface area contributed by atoms with Gasteiger partial charge in [-0.05, 0) is 43.2 Å². The van der Waals surface area contributed by atoms with E-state index in [0.717, 1.165) is 12.8 Å². The minimum absolute atomic E-state index is 0.0235. The molecule has 0 unspecified atom stereocenters. The van der Waals surface area contributed by atoms with E-state index < -0.39 is 27.8 Å². The number of anilines is 2. The van der Waals surface area contributed by atoms with E-state index in [1.165, 1.54) is 49.6 Å². The molecule has 0 spiro atoms. The molecule has 4 N–H and O–H groups in total. The Labute approximate surface area is 173 Å². The van der Waals surface area contributed by atoms with Crippen LogP contribution in [0.15, 0.2) is 47.4 Å². The summed E-state index contributed by atoms with van der Waals surface area (Å²) in [6, 6.07) is 8.78. The summed E-state index contributed by atoms with van der Waals surface area (Å²) in [5.41, 5.74) is 0.194. The summed E-state index contributed by atoms with van der Waals surface area (Å²) in [7, 11) is -2.28. The van der Waals surface area contributed by atoms with Gasteiger partial charge in [-0.15, -0.1) is 0 Å². The van der Waals surface area contributed by atoms with Crippen LogP contribution in [-0.2, 0) is 14.8 Å². The van der Waals surface area contributed by atoms with Crippen molar-refractivity contribution < 1.29 is 27.1 Å². The van der Waals surface area contributed by atoms with Gasteiger partial charge in [0.2, 0.25) is 15.9 Å². The third kappa shape index (κ3) is 5.67. The number of imide groups is 1. The fraction of sp³-hybridized carbons (Fsp3) is 0.263. The molecule has 1 fully saturated rings. The fourth-order valence-electron chi connectivity index (χ4n) is 2.54. The molecule has 2 aromatic carbocycles. The van der Waals surface area contributed by atoms with E-state index in [9.17, 15) is 22.4 Å². The number of halogens is 1. The van der Waals surface area contributed by atoms with E-state index in [1.54, 1.807) is 0 Å². The van der Waals surface area contributed by atoms with Crippen molar-refractivity contribution in [2.45, 2.75) is 23.8 Å². The highest BCUT2D eigenvalue weighted by Gasteiger charge is 2.28. The summed E-state index contributed by atoms with van der Waals surface area (Å²) in [5.74, 6) is -1.03. The Kier molecular flexibility index (Phi) is 6.53. The normalized spacial score (nSPS) is 13.4. The van der Waals surface area contributed by atoms with Gasteiger partial charge < -0.3 is 15.4 Å². The summed E-state index contributed by atoms with van der Waals surface area (Å²) in [6.45, 7) is -0.347. The van der Waals surface area contributed by atoms with Crippen LogP contribution in [-0.4, -0.2) is 40.1 Å². The van der Waals surface area contributed by atoms with Gasteiger partial charge in [0.25, 0.3) is 0 Å². The minimum Gasteiger partial charge on any atom is -0.495 e. The summed E-state index contributed by atoms with van der Waals surface area (Å²) < 4.78 is 46.1. The highest BCUT2D eigenvalue weighted by molar-refractivity contribution is 7.89. The Morgan fingerprint density at radius 1 is 1.13 bits per heavy atom. The van der Waals surface area contributed by atoms with Crippen molar-refractivity contribution in [1.29, 1.82) is 0 Å². The van der Waals surface area contributed by atoms with Crippen LogP contribution in [0.4, 0.5) is 20.6 Å². The van der Waals surface area contributed by atoms with Crippen LogP contribution in [0.25, 0.3) is 0 Å². The van der Waals surface area contributed by atoms with Crippen LogP contribution in [0.1, 0.15) is 12.8 Å². The first-order chi connectivity index (χ1) is 14.3. The average Bonchev–Trinajstić information content (AvgIpc) is 3.51. The zero-order chi connectivity index (χ0) is 21.7. The van der Waals surface area contributed by atoms with Crippen LogP contribution in [0.3, 0.4) is 0 Å². The Balaban J connectivity index is 1.61. The first-order valence-corrected chi connectivity index (χ1v) is 10.6. The van der Waals surface area contributed by atoms with E-state index in [0.29, 0.717) is 5.75 Å². The van der Waals surface area contributed by atoms with Crippen LogP contribution in [0, 0.1) is 5.82 Å². The largest absolute Gasteiger partial charge is 0.495 e. The molecule has 0 aromatic heterocycles. The number of sulfonamides is 1. The van der Waals surface area contributed by atoms with Gasteiger partial charge in [0.1, 0.15) is 11.6 Å². The molecule has 30 heavy (non-hydrogen) atoms. The molecule has 3 amide bonds. The van der Waals surface area contributed by atoms with E-state index in [4.69, 9.17) is 4.74 Å². The molecule has 160 valence electrons. The third-order valence-corrected chi connectivity index (χ3v) is 5.71. The van der Waals surface area contributed by atoms with Gasteiger partial charge in [0.15, 0.2) is 0 Å². The highest BCUT2D eigenvalue weighted by atomic mass is 32.2. The zero-order valence-corrected chi connectivity index (χ0v) is 16.9. The number of amides is 3. The summed E-state index contributed by atoms with van der Waals surface area (Å²) >= 11 is 0. The summed E-state index contributed by atoms with van der Waals surface area (Å²) in [5, 5.41) is 7.02. The number of rotatable bonds is 8. The molecule has 0 heterocycles. The Bertz CT molecular complexity index is 1060. The molecule has 1 saturated carbocycles. The molecular formula is C19H21FN4O5S. The quantitative estimate of drug-likeness (QED) is 0.502. The molecule has 1 aliphatic rings. The predicted octanol–water partition coefficient (Wildman–Crippen LogP) is 2.04.